The van der Waals surface area contributed by atoms with Gasteiger partial charge in [0.25, 0.3) is 5.56 Å². The van der Waals surface area contributed by atoms with E-state index in [9.17, 15) is 33.4 Å². The van der Waals surface area contributed by atoms with Crippen molar-refractivity contribution < 1.29 is 60.6 Å². The maximum atomic E-state index is 15.0. The minimum atomic E-state index is -5.80. The van der Waals surface area contributed by atoms with Crippen LogP contribution in [0.1, 0.15) is 12.1 Å². The van der Waals surface area contributed by atoms with E-state index < -0.39 is 59.7 Å². The molecule has 3 heterocycles. The first-order chi connectivity index (χ1) is 15.5. The topological polar surface area (TPSA) is 253 Å². The number of aliphatic hydroxyl groups excluding tert-OH is 1. The molecule has 34 heavy (non-hydrogen) atoms. The van der Waals surface area contributed by atoms with E-state index >= 15 is 4.39 Å². The maximum Gasteiger partial charge on any atom is 0.490 e. The molecule has 3 rings (SSSR count). The summed E-state index contributed by atoms with van der Waals surface area (Å²) < 4.78 is 67.3. The predicted octanol–water partition coefficient (Wildman–Crippen LogP) is -0.0761. The van der Waals surface area contributed by atoms with Gasteiger partial charge in [0.15, 0.2) is 23.6 Å². The molecule has 2 aromatic heterocycles. The average Bonchev–Trinajstić information content (AvgIpc) is 3.18. The second-order valence-corrected chi connectivity index (χ2v) is 11.3. The van der Waals surface area contributed by atoms with Gasteiger partial charge in [-0.3, -0.25) is 13.9 Å². The van der Waals surface area contributed by atoms with E-state index in [-0.39, 0.29) is 17.0 Å². The second-order valence-electron chi connectivity index (χ2n) is 6.90. The molecule has 0 amide bonds. The first kappa shape index (κ1) is 26.9. The van der Waals surface area contributed by atoms with Crippen LogP contribution in [0.25, 0.3) is 11.2 Å². The van der Waals surface area contributed by atoms with Gasteiger partial charge in [-0.15, -0.1) is 6.58 Å². The zero-order valence-electron chi connectivity index (χ0n) is 16.9. The van der Waals surface area contributed by atoms with Gasteiger partial charge in [-0.1, -0.05) is 6.08 Å². The summed E-state index contributed by atoms with van der Waals surface area (Å²) in [5, 5.41) is 10.4. The smallest absolute Gasteiger partial charge is 0.386 e. The van der Waals surface area contributed by atoms with Gasteiger partial charge in [0.05, 0.1) is 12.9 Å². The molecule has 0 aliphatic carbocycles. The number of aryl methyl sites for hydroxylation is 1. The van der Waals surface area contributed by atoms with Gasteiger partial charge >= 0.3 is 23.5 Å². The van der Waals surface area contributed by atoms with Crippen molar-refractivity contribution in [1.29, 1.82) is 0 Å². The highest BCUT2D eigenvalue weighted by Crippen LogP contribution is 2.66. The van der Waals surface area contributed by atoms with E-state index in [4.69, 9.17) is 14.5 Å². The number of alkyl halides is 1. The molecule has 2 unspecified atom stereocenters. The van der Waals surface area contributed by atoms with E-state index in [1.54, 1.807) is 0 Å². The number of aromatic nitrogens is 4. The quantitative estimate of drug-likeness (QED) is 0.176. The van der Waals surface area contributed by atoms with Crippen LogP contribution in [0.4, 0.5) is 4.39 Å². The lowest BCUT2D eigenvalue weighted by Gasteiger charge is -2.28. The monoisotopic (exact) mass is 550 g/mol. The minimum Gasteiger partial charge on any atom is -0.386 e. The predicted molar refractivity (Wildman–Crippen MR) is 107 cm³/mol. The van der Waals surface area contributed by atoms with Gasteiger partial charge in [0.1, 0.15) is 17.5 Å². The first-order valence-corrected chi connectivity index (χ1v) is 13.4. The number of rotatable bonds is 9. The van der Waals surface area contributed by atoms with Crippen molar-refractivity contribution in [3.05, 3.63) is 35.2 Å². The Morgan fingerprint density at radius 1 is 1.29 bits per heavy atom. The van der Waals surface area contributed by atoms with Crippen molar-refractivity contribution in [3.8, 4) is 0 Å². The van der Waals surface area contributed by atoms with Gasteiger partial charge < -0.3 is 34.4 Å². The fourth-order valence-electron chi connectivity index (χ4n) is 3.05. The van der Waals surface area contributed by atoms with Gasteiger partial charge in [-0.25, -0.2) is 28.1 Å². The van der Waals surface area contributed by atoms with Crippen LogP contribution in [0.15, 0.2) is 23.8 Å². The molecule has 0 saturated carbocycles. The van der Waals surface area contributed by atoms with Crippen molar-refractivity contribution in [2.75, 3.05) is 6.61 Å². The summed E-state index contributed by atoms with van der Waals surface area (Å²) in [6.45, 7) is 3.61. The van der Waals surface area contributed by atoms with Gasteiger partial charge in [-0.2, -0.15) is 8.62 Å². The fourth-order valence-corrected chi connectivity index (χ4v) is 6.11. The Balaban J connectivity index is 1.84. The standard InChI is InChI=1S/C13H18FN4O13P3/c1-3-13(4-28-33(24,25)31-34(26,27)30-32(21,22)23)9(19)7(14)12(29-13)18-5-15-8-10(18)16-6(2)17-11(8)20/h3,5,7,9,12,19H,1,4H2,2H3,(H,24,25)(H,26,27)(H,16,17,20)(H2,21,22,23)/t7-,9+,12-,13-/m1/s1. The number of aromatic amines is 1. The average molecular weight is 550 g/mol. The normalized spacial score (nSPS) is 29.1. The summed E-state index contributed by atoms with van der Waals surface area (Å²) in [6, 6.07) is 0. The number of nitrogens with one attached hydrogen (secondary N) is 1. The van der Waals surface area contributed by atoms with E-state index in [2.05, 4.69) is 34.7 Å². The molecular formula is C13H18FN4O13P3. The number of ether oxygens (including phenoxy) is 1. The third-order valence-electron chi connectivity index (χ3n) is 4.45. The maximum absolute atomic E-state index is 15.0. The molecule has 1 aliphatic rings. The number of hydrogen-bond donors (Lipinski definition) is 6. The zero-order valence-corrected chi connectivity index (χ0v) is 19.5. The van der Waals surface area contributed by atoms with E-state index in [1.165, 1.54) is 6.92 Å². The van der Waals surface area contributed by atoms with Crippen molar-refractivity contribution in [2.24, 2.45) is 0 Å². The van der Waals surface area contributed by atoms with Crippen molar-refractivity contribution >= 4 is 34.6 Å². The van der Waals surface area contributed by atoms with Gasteiger partial charge in [0, 0.05) is 0 Å². The van der Waals surface area contributed by atoms with Crippen LogP contribution < -0.4 is 5.56 Å². The summed E-state index contributed by atoms with van der Waals surface area (Å²) in [6.07, 6.45) is -4.20. The molecule has 6 atom stereocenters. The first-order valence-electron chi connectivity index (χ1n) is 8.84. The molecule has 1 saturated heterocycles. The number of phosphoric ester groups is 1. The highest BCUT2D eigenvalue weighted by Gasteiger charge is 2.56. The molecule has 17 nitrogen and oxygen atoms in total. The lowest BCUT2D eigenvalue weighted by molar-refractivity contribution is -0.0942. The summed E-state index contributed by atoms with van der Waals surface area (Å²) in [5.74, 6) is 0.163. The Kier molecular flexibility index (Phi) is 7.21. The zero-order chi connectivity index (χ0) is 25.7. The van der Waals surface area contributed by atoms with Crippen molar-refractivity contribution in [3.63, 3.8) is 0 Å². The highest BCUT2D eigenvalue weighted by molar-refractivity contribution is 7.66. The molecule has 1 aliphatic heterocycles. The fraction of sp³-hybridized carbons (Fsp3) is 0.462. The van der Waals surface area contributed by atoms with Crippen molar-refractivity contribution in [2.45, 2.75) is 31.0 Å². The summed E-state index contributed by atoms with van der Waals surface area (Å²) in [4.78, 5) is 58.2. The van der Waals surface area contributed by atoms with Crippen LogP contribution in [-0.2, 0) is 31.6 Å². The molecule has 2 aromatic rings. The number of nitrogens with zero attached hydrogens (tertiary/aromatic N) is 3. The molecule has 0 radical (unpaired) electrons. The Morgan fingerprint density at radius 2 is 1.94 bits per heavy atom. The van der Waals surface area contributed by atoms with Crippen LogP contribution >= 0.6 is 23.5 Å². The minimum absolute atomic E-state index is 0.103. The Morgan fingerprint density at radius 3 is 2.53 bits per heavy atom. The van der Waals surface area contributed by atoms with Crippen LogP contribution in [0, 0.1) is 6.92 Å². The lowest BCUT2D eigenvalue weighted by atomic mass is 9.97. The van der Waals surface area contributed by atoms with Crippen LogP contribution in [-0.4, -0.2) is 68.7 Å². The summed E-state index contributed by atoms with van der Waals surface area (Å²) in [7, 11) is -17.0. The molecule has 0 aromatic carbocycles. The molecular weight excluding hydrogens is 532 g/mol. The summed E-state index contributed by atoms with van der Waals surface area (Å²) in [5.41, 5.74) is -3.14. The van der Waals surface area contributed by atoms with E-state index in [0.717, 1.165) is 17.0 Å². The Labute approximate surface area is 188 Å². The van der Waals surface area contributed by atoms with E-state index in [1.807, 2.05) is 0 Å². The van der Waals surface area contributed by atoms with Crippen LogP contribution in [0.2, 0.25) is 0 Å². The molecule has 0 bridgehead atoms. The number of imidazole rings is 1. The largest absolute Gasteiger partial charge is 0.490 e. The molecule has 0 spiro atoms. The number of aliphatic hydroxyl groups is 1. The lowest BCUT2D eigenvalue weighted by Crippen LogP contribution is -2.44. The van der Waals surface area contributed by atoms with Crippen LogP contribution in [0.5, 0.6) is 0 Å². The van der Waals surface area contributed by atoms with Gasteiger partial charge in [-0.05, 0) is 6.92 Å². The van der Waals surface area contributed by atoms with Gasteiger partial charge in [0.2, 0.25) is 0 Å². The third-order valence-corrected chi connectivity index (χ3v) is 8.24. The SMILES string of the molecule is C=C[C@]1(COP(=O)(O)OP(=O)(O)OP(=O)(O)O)O[C@@H](n2cnc3c(=O)[nH]c(C)nc32)[C@H](F)[C@@H]1O. The molecule has 190 valence electrons. The number of fused-ring (bicyclic) bond motifs is 1. The number of phosphoric acid groups is 3. The Hall–Kier alpha value is -1.65. The molecule has 21 heteroatoms. The molecule has 1 fully saturated rings. The van der Waals surface area contributed by atoms with E-state index in [0.29, 0.717) is 0 Å². The number of hydrogen-bond acceptors (Lipinski definition) is 11. The second kappa shape index (κ2) is 9.09. The Bertz CT molecular complexity index is 1310. The third kappa shape index (κ3) is 5.60. The highest BCUT2D eigenvalue weighted by atomic mass is 31.3. The van der Waals surface area contributed by atoms with Crippen LogP contribution in [0.3, 0.4) is 0 Å². The molecule has 6 N–H and O–H groups in total. The number of halogens is 1. The van der Waals surface area contributed by atoms with Crippen molar-refractivity contribution in [1.82, 2.24) is 19.5 Å². The summed E-state index contributed by atoms with van der Waals surface area (Å²) >= 11 is 0. The number of H-pyrrole nitrogens is 1.